The van der Waals surface area contributed by atoms with Crippen LogP contribution in [0.3, 0.4) is 0 Å². The van der Waals surface area contributed by atoms with E-state index in [0.717, 1.165) is 12.1 Å². The van der Waals surface area contributed by atoms with Crippen LogP contribution in [0.1, 0.15) is 40.6 Å². The molecule has 28 heavy (non-hydrogen) atoms. The lowest BCUT2D eigenvalue weighted by Crippen LogP contribution is -2.31. The van der Waals surface area contributed by atoms with Crippen LogP contribution >= 0.6 is 0 Å². The summed E-state index contributed by atoms with van der Waals surface area (Å²) in [5, 5.41) is 23.8. The van der Waals surface area contributed by atoms with Crippen molar-refractivity contribution in [3.05, 3.63) is 80.9 Å². The second-order valence-electron chi connectivity index (χ2n) is 6.89. The van der Waals surface area contributed by atoms with Crippen molar-refractivity contribution in [1.29, 1.82) is 5.26 Å². The number of nitrogens with zero attached hydrogens (tertiary/aromatic N) is 2. The molecule has 3 atom stereocenters. The van der Waals surface area contributed by atoms with Gasteiger partial charge in [0.25, 0.3) is 5.69 Å². The van der Waals surface area contributed by atoms with Crippen LogP contribution in [0.25, 0.3) is 0 Å². The molecule has 142 valence electrons. The van der Waals surface area contributed by atoms with Gasteiger partial charge in [0, 0.05) is 18.1 Å². The molecule has 5 nitrogen and oxygen atoms in total. The first-order chi connectivity index (χ1) is 13.3. The molecule has 2 aromatic carbocycles. The highest BCUT2D eigenvalue weighted by Crippen LogP contribution is 2.52. The first-order valence-corrected chi connectivity index (χ1v) is 8.63. The number of anilines is 1. The Balaban J connectivity index is 1.89. The smallest absolute Gasteiger partial charge is 0.377 e. The molecule has 0 fully saturated rings. The van der Waals surface area contributed by atoms with Crippen LogP contribution < -0.4 is 5.32 Å². The average Bonchev–Trinajstić information content (AvgIpc) is 3.15. The second-order valence-corrected chi connectivity index (χ2v) is 6.89. The quantitative estimate of drug-likeness (QED) is 0.432. The van der Waals surface area contributed by atoms with Crippen LogP contribution in [0.5, 0.6) is 0 Å². The molecule has 0 aromatic heterocycles. The van der Waals surface area contributed by atoms with Crippen molar-refractivity contribution in [1.82, 2.24) is 0 Å². The molecule has 0 radical (unpaired) electrons. The molecule has 0 amide bonds. The van der Waals surface area contributed by atoms with Crippen molar-refractivity contribution < 1.29 is 18.1 Å². The number of rotatable bonds is 2. The number of non-ortho nitro benzene ring substituents is 1. The summed E-state index contributed by atoms with van der Waals surface area (Å²) in [6.07, 6.45) is -0.231. The number of nitriles is 1. The Morgan fingerprint density at radius 3 is 2.64 bits per heavy atom. The van der Waals surface area contributed by atoms with Gasteiger partial charge in [0.05, 0.1) is 27.8 Å². The van der Waals surface area contributed by atoms with Crippen LogP contribution in [-0.4, -0.2) is 4.92 Å². The second kappa shape index (κ2) is 6.37. The molecule has 1 N–H and O–H groups in total. The van der Waals surface area contributed by atoms with Crippen LogP contribution in [0.15, 0.2) is 48.6 Å². The standard InChI is InChI=1S/C20H14F3N3O2/c21-20(22,23)17-7-2-1-4-15(17)19-14-6-3-5-13(14)16-9-12(26(27)28)8-11(10-24)18(16)25-19/h1-5,7-9,13-14,19,25H,6H2/t13-,14+,19-/m1/s1. The van der Waals surface area contributed by atoms with Crippen molar-refractivity contribution in [2.24, 2.45) is 5.92 Å². The number of alkyl halides is 3. The van der Waals surface area contributed by atoms with Crippen molar-refractivity contribution >= 4 is 11.4 Å². The third-order valence-corrected chi connectivity index (χ3v) is 5.39. The number of allylic oxidation sites excluding steroid dienone is 2. The summed E-state index contributed by atoms with van der Waals surface area (Å²) in [5.74, 6) is -0.529. The van der Waals surface area contributed by atoms with Crippen LogP contribution in [0.4, 0.5) is 24.5 Å². The Hall–Kier alpha value is -3.34. The van der Waals surface area contributed by atoms with Crippen molar-refractivity contribution in [2.75, 3.05) is 5.32 Å². The van der Waals surface area contributed by atoms with E-state index in [9.17, 15) is 28.5 Å². The Labute approximate surface area is 158 Å². The SMILES string of the molecule is N#Cc1cc([N+](=O)[O-])cc2c1N[C@@H](c1ccccc1C(F)(F)F)[C@H]1CC=C[C@@H]21. The Bertz CT molecular complexity index is 1040. The van der Waals surface area contributed by atoms with Gasteiger partial charge in [-0.25, -0.2) is 0 Å². The van der Waals surface area contributed by atoms with Crippen LogP contribution in [0, 0.1) is 27.4 Å². The molecule has 0 spiro atoms. The van der Waals surface area contributed by atoms with Gasteiger partial charge in [-0.15, -0.1) is 0 Å². The minimum atomic E-state index is -4.51. The Morgan fingerprint density at radius 2 is 1.96 bits per heavy atom. The fraction of sp³-hybridized carbons (Fsp3) is 0.250. The minimum Gasteiger partial charge on any atom is -0.377 e. The summed E-state index contributed by atoms with van der Waals surface area (Å²) in [7, 11) is 0. The van der Waals surface area contributed by atoms with Gasteiger partial charge in [-0.05, 0) is 29.5 Å². The van der Waals surface area contributed by atoms with Gasteiger partial charge >= 0.3 is 6.18 Å². The minimum absolute atomic E-state index is 0.0532. The van der Waals surface area contributed by atoms with Crippen molar-refractivity contribution in [3.63, 3.8) is 0 Å². The average molecular weight is 385 g/mol. The number of nitro benzene ring substituents is 1. The highest BCUT2D eigenvalue weighted by atomic mass is 19.4. The molecule has 1 heterocycles. The summed E-state index contributed by atoms with van der Waals surface area (Å²) < 4.78 is 40.7. The van der Waals surface area contributed by atoms with Crippen molar-refractivity contribution in [3.8, 4) is 6.07 Å². The van der Waals surface area contributed by atoms with E-state index < -0.39 is 22.7 Å². The zero-order chi connectivity index (χ0) is 20.1. The molecular formula is C20H14F3N3O2. The number of nitrogens with one attached hydrogen (secondary N) is 1. The maximum absolute atomic E-state index is 13.6. The molecular weight excluding hydrogens is 371 g/mol. The van der Waals surface area contributed by atoms with E-state index in [1.54, 1.807) is 6.07 Å². The predicted octanol–water partition coefficient (Wildman–Crippen LogP) is 5.31. The molecule has 2 aliphatic rings. The highest BCUT2D eigenvalue weighted by Gasteiger charge is 2.43. The first-order valence-electron chi connectivity index (χ1n) is 8.63. The number of benzene rings is 2. The van der Waals surface area contributed by atoms with Gasteiger partial charge in [-0.2, -0.15) is 18.4 Å². The topological polar surface area (TPSA) is 79.0 Å². The predicted molar refractivity (Wildman–Crippen MR) is 95.6 cm³/mol. The number of nitro groups is 1. The summed E-state index contributed by atoms with van der Waals surface area (Å²) in [4.78, 5) is 10.7. The Kier molecular flexibility index (Phi) is 4.11. The van der Waals surface area contributed by atoms with E-state index in [4.69, 9.17) is 0 Å². The van der Waals surface area contributed by atoms with Crippen LogP contribution in [0.2, 0.25) is 0 Å². The van der Waals surface area contributed by atoms with Crippen LogP contribution in [-0.2, 0) is 6.18 Å². The maximum Gasteiger partial charge on any atom is 0.416 e. The third-order valence-electron chi connectivity index (χ3n) is 5.39. The van der Waals surface area contributed by atoms with Gasteiger partial charge in [0.2, 0.25) is 0 Å². The lowest BCUT2D eigenvalue weighted by atomic mass is 9.75. The van der Waals surface area contributed by atoms with Gasteiger partial charge in [0.1, 0.15) is 6.07 Å². The van der Waals surface area contributed by atoms with Gasteiger partial charge in [-0.1, -0.05) is 30.4 Å². The lowest BCUT2D eigenvalue weighted by Gasteiger charge is -2.38. The normalized spacial score (nSPS) is 22.7. The third kappa shape index (κ3) is 2.80. The number of fused-ring (bicyclic) bond motifs is 3. The monoisotopic (exact) mass is 385 g/mol. The fourth-order valence-electron chi connectivity index (χ4n) is 4.21. The van der Waals surface area contributed by atoms with E-state index in [0.29, 0.717) is 17.7 Å². The molecule has 0 saturated carbocycles. The summed E-state index contributed by atoms with van der Waals surface area (Å²) >= 11 is 0. The summed E-state index contributed by atoms with van der Waals surface area (Å²) in [6, 6.07) is 9.21. The number of halogens is 3. The zero-order valence-corrected chi connectivity index (χ0v) is 14.4. The van der Waals surface area contributed by atoms with Gasteiger partial charge < -0.3 is 5.32 Å². The van der Waals surface area contributed by atoms with E-state index in [1.165, 1.54) is 18.2 Å². The molecule has 1 aliphatic carbocycles. The lowest BCUT2D eigenvalue weighted by molar-refractivity contribution is -0.384. The van der Waals surface area contributed by atoms with E-state index in [-0.39, 0.29) is 28.7 Å². The zero-order valence-electron chi connectivity index (χ0n) is 14.4. The van der Waals surface area contributed by atoms with E-state index >= 15 is 0 Å². The number of hydrogen-bond acceptors (Lipinski definition) is 4. The summed E-state index contributed by atoms with van der Waals surface area (Å²) in [6.45, 7) is 0. The molecule has 1 aliphatic heterocycles. The largest absolute Gasteiger partial charge is 0.416 e. The molecule has 2 aromatic rings. The molecule has 4 rings (SSSR count). The van der Waals surface area contributed by atoms with E-state index in [2.05, 4.69) is 5.32 Å². The Morgan fingerprint density at radius 1 is 1.21 bits per heavy atom. The summed E-state index contributed by atoms with van der Waals surface area (Å²) in [5.41, 5.74) is 0.180. The first kappa shape index (κ1) is 18.0. The molecule has 0 saturated heterocycles. The molecule has 0 bridgehead atoms. The van der Waals surface area contributed by atoms with Gasteiger partial charge in [0.15, 0.2) is 0 Å². The molecule has 8 heteroatoms. The maximum atomic E-state index is 13.6. The fourth-order valence-corrected chi connectivity index (χ4v) is 4.21. The van der Waals surface area contributed by atoms with Gasteiger partial charge in [-0.3, -0.25) is 10.1 Å². The van der Waals surface area contributed by atoms with Crippen molar-refractivity contribution in [2.45, 2.75) is 24.6 Å². The number of hydrogen-bond donors (Lipinski definition) is 1. The molecule has 0 unspecified atom stereocenters. The highest BCUT2D eigenvalue weighted by molar-refractivity contribution is 5.71. The van der Waals surface area contributed by atoms with E-state index in [1.807, 2.05) is 18.2 Å².